The van der Waals surface area contributed by atoms with Gasteiger partial charge in [-0.2, -0.15) is 0 Å². The van der Waals surface area contributed by atoms with Gasteiger partial charge in [-0.05, 0) is 12.1 Å². The van der Waals surface area contributed by atoms with Gasteiger partial charge in [-0.25, -0.2) is 0 Å². The van der Waals surface area contributed by atoms with Crippen LogP contribution < -0.4 is 0 Å². The van der Waals surface area contributed by atoms with E-state index in [1.807, 2.05) is 6.92 Å². The van der Waals surface area contributed by atoms with Crippen LogP contribution >= 0.6 is 22.6 Å². The molecule has 0 aromatic carbocycles. The molecule has 4 heteroatoms. The van der Waals surface area contributed by atoms with Crippen LogP contribution in [0.15, 0.2) is 10.6 Å². The number of aromatic nitrogens is 1. The van der Waals surface area contributed by atoms with E-state index in [-0.39, 0.29) is 9.80 Å². The van der Waals surface area contributed by atoms with Gasteiger partial charge < -0.3 is 9.63 Å². The van der Waals surface area contributed by atoms with E-state index < -0.39 is 0 Å². The van der Waals surface area contributed by atoms with Crippen molar-refractivity contribution in [3.63, 3.8) is 0 Å². The molecule has 0 fully saturated rings. The molecule has 0 saturated carbocycles. The maximum absolute atomic E-state index is 8.69. The van der Waals surface area contributed by atoms with Crippen LogP contribution in [0.1, 0.15) is 16.6 Å². The van der Waals surface area contributed by atoms with Crippen molar-refractivity contribution in [1.29, 1.82) is 0 Å². The molecule has 3 nitrogen and oxygen atoms in total. The van der Waals surface area contributed by atoms with Gasteiger partial charge in [-0.3, -0.25) is 0 Å². The molecule has 9 heavy (non-hydrogen) atoms. The van der Waals surface area contributed by atoms with Crippen LogP contribution in [0.3, 0.4) is 0 Å². The van der Waals surface area contributed by atoms with Gasteiger partial charge in [-0.15, -0.1) is 0 Å². The van der Waals surface area contributed by atoms with Gasteiger partial charge in [0.2, 0.25) is 0 Å². The lowest BCUT2D eigenvalue weighted by Crippen LogP contribution is -1.74. The second-order valence-electron chi connectivity index (χ2n) is 1.70. The standard InChI is InChI=1S/C5H6INO2/c1-3(6)4-2-5(8)7-9-4/h2-3H,1H3,(H,7,8). The number of halogens is 1. The lowest BCUT2D eigenvalue weighted by molar-refractivity contribution is 0.343. The molecule has 0 aliphatic carbocycles. The molecule has 0 saturated heterocycles. The molecule has 0 amide bonds. The highest BCUT2D eigenvalue weighted by Crippen LogP contribution is 2.24. The Hall–Kier alpha value is -0.260. The van der Waals surface area contributed by atoms with Gasteiger partial charge in [0, 0.05) is 6.07 Å². The molecule has 1 unspecified atom stereocenters. The fourth-order valence-corrected chi connectivity index (χ4v) is 0.760. The average molecular weight is 239 g/mol. The zero-order valence-corrected chi connectivity index (χ0v) is 6.99. The number of aromatic hydroxyl groups is 1. The monoisotopic (exact) mass is 239 g/mol. The third kappa shape index (κ3) is 1.57. The Bertz CT molecular complexity index is 197. The first-order valence-electron chi connectivity index (χ1n) is 2.50. The van der Waals surface area contributed by atoms with Crippen LogP contribution in [0.4, 0.5) is 0 Å². The summed E-state index contributed by atoms with van der Waals surface area (Å²) in [4.78, 5) is 0. The maximum Gasteiger partial charge on any atom is 0.251 e. The highest BCUT2D eigenvalue weighted by atomic mass is 127. The van der Waals surface area contributed by atoms with Crippen LogP contribution in [0, 0.1) is 0 Å². The Kier molecular flexibility index (Phi) is 1.94. The van der Waals surface area contributed by atoms with Crippen LogP contribution in [0.5, 0.6) is 5.88 Å². The first-order valence-corrected chi connectivity index (χ1v) is 3.74. The molecule has 1 atom stereocenters. The second-order valence-corrected chi connectivity index (χ2v) is 3.57. The van der Waals surface area contributed by atoms with E-state index in [0.717, 1.165) is 0 Å². The van der Waals surface area contributed by atoms with Crippen LogP contribution in [0.2, 0.25) is 0 Å². The van der Waals surface area contributed by atoms with E-state index in [1.54, 1.807) is 0 Å². The summed E-state index contributed by atoms with van der Waals surface area (Å²) in [5.41, 5.74) is 0. The van der Waals surface area contributed by atoms with Crippen molar-refractivity contribution in [3.05, 3.63) is 11.8 Å². The Balaban J connectivity index is 2.85. The summed E-state index contributed by atoms with van der Waals surface area (Å²) in [5.74, 6) is 0.654. The number of hydrogen-bond donors (Lipinski definition) is 1. The smallest absolute Gasteiger partial charge is 0.251 e. The zero-order valence-electron chi connectivity index (χ0n) is 4.84. The molecular weight excluding hydrogens is 233 g/mol. The predicted octanol–water partition coefficient (Wildman–Crippen LogP) is 1.88. The summed E-state index contributed by atoms with van der Waals surface area (Å²) in [7, 11) is 0. The fraction of sp³-hybridized carbons (Fsp3) is 0.400. The molecule has 1 rings (SSSR count). The van der Waals surface area contributed by atoms with Crippen LogP contribution in [0.25, 0.3) is 0 Å². The normalized spacial score (nSPS) is 13.6. The van der Waals surface area contributed by atoms with Crippen molar-refractivity contribution in [3.8, 4) is 5.88 Å². The van der Waals surface area contributed by atoms with Gasteiger partial charge in [-0.1, -0.05) is 22.6 Å². The lowest BCUT2D eigenvalue weighted by Gasteiger charge is -1.90. The van der Waals surface area contributed by atoms with Gasteiger partial charge in [0.25, 0.3) is 5.88 Å². The summed E-state index contributed by atoms with van der Waals surface area (Å²) in [5, 5.41) is 12.0. The Morgan fingerprint density at radius 1 is 1.89 bits per heavy atom. The van der Waals surface area contributed by atoms with Gasteiger partial charge in [0.15, 0.2) is 5.76 Å². The van der Waals surface area contributed by atoms with E-state index in [2.05, 4.69) is 27.7 Å². The Labute approximate surface area is 66.2 Å². The molecule has 0 aliphatic heterocycles. The molecule has 0 aliphatic rings. The third-order valence-corrected chi connectivity index (χ3v) is 1.52. The summed E-state index contributed by atoms with van der Waals surface area (Å²) in [6.07, 6.45) is 0. The molecule has 50 valence electrons. The minimum absolute atomic E-state index is 0.0477. The average Bonchev–Trinajstić information content (AvgIpc) is 2.14. The summed E-state index contributed by atoms with van der Waals surface area (Å²) < 4.78 is 4.98. The zero-order chi connectivity index (χ0) is 6.85. The summed E-state index contributed by atoms with van der Waals surface area (Å²) in [6, 6.07) is 1.51. The van der Waals surface area contributed by atoms with Crippen molar-refractivity contribution < 1.29 is 9.63 Å². The van der Waals surface area contributed by atoms with Crippen molar-refractivity contribution in [1.82, 2.24) is 5.16 Å². The van der Waals surface area contributed by atoms with E-state index in [0.29, 0.717) is 5.76 Å². The number of nitrogens with zero attached hydrogens (tertiary/aromatic N) is 1. The van der Waals surface area contributed by atoms with Gasteiger partial charge in [0.05, 0.1) is 3.92 Å². The minimum Gasteiger partial charge on any atom is -0.491 e. The quantitative estimate of drug-likeness (QED) is 0.601. The SMILES string of the molecule is CC(I)c1cc(O)no1. The van der Waals surface area contributed by atoms with Crippen LogP contribution in [-0.2, 0) is 0 Å². The highest BCUT2D eigenvalue weighted by Gasteiger charge is 2.06. The third-order valence-electron chi connectivity index (χ3n) is 0.908. The Morgan fingerprint density at radius 2 is 2.56 bits per heavy atom. The molecule has 1 N–H and O–H groups in total. The minimum atomic E-state index is -0.0477. The predicted molar refractivity (Wildman–Crippen MR) is 40.6 cm³/mol. The maximum atomic E-state index is 8.69. The topological polar surface area (TPSA) is 46.3 Å². The molecule has 1 aromatic heterocycles. The molecule has 0 bridgehead atoms. The van der Waals surface area contributed by atoms with Crippen LogP contribution in [-0.4, -0.2) is 10.3 Å². The molecule has 1 aromatic rings. The number of hydrogen-bond acceptors (Lipinski definition) is 3. The van der Waals surface area contributed by atoms with Gasteiger partial charge in [0.1, 0.15) is 0 Å². The molecule has 1 heterocycles. The lowest BCUT2D eigenvalue weighted by atomic mass is 10.4. The first kappa shape index (κ1) is 6.85. The van der Waals surface area contributed by atoms with E-state index in [9.17, 15) is 0 Å². The fourth-order valence-electron chi connectivity index (χ4n) is 0.467. The number of rotatable bonds is 1. The van der Waals surface area contributed by atoms with E-state index in [4.69, 9.17) is 9.63 Å². The van der Waals surface area contributed by atoms with Gasteiger partial charge >= 0.3 is 0 Å². The number of alkyl halides is 1. The summed E-state index contributed by atoms with van der Waals surface area (Å²) >= 11 is 2.18. The molecule has 0 spiro atoms. The Morgan fingerprint density at radius 3 is 2.78 bits per heavy atom. The van der Waals surface area contributed by atoms with Crippen molar-refractivity contribution in [2.45, 2.75) is 10.8 Å². The largest absolute Gasteiger partial charge is 0.491 e. The first-order chi connectivity index (χ1) is 4.20. The van der Waals surface area contributed by atoms with Crippen molar-refractivity contribution in [2.75, 3.05) is 0 Å². The van der Waals surface area contributed by atoms with Crippen molar-refractivity contribution >= 4 is 22.6 Å². The van der Waals surface area contributed by atoms with E-state index >= 15 is 0 Å². The molecule has 0 radical (unpaired) electrons. The van der Waals surface area contributed by atoms with E-state index in [1.165, 1.54) is 6.07 Å². The molecular formula is C5H6INO2. The highest BCUT2D eigenvalue weighted by molar-refractivity contribution is 14.1. The van der Waals surface area contributed by atoms with Crippen molar-refractivity contribution in [2.24, 2.45) is 0 Å². The second kappa shape index (κ2) is 2.55. The summed E-state index contributed by atoms with van der Waals surface area (Å²) in [6.45, 7) is 1.96.